The van der Waals surface area contributed by atoms with E-state index in [4.69, 9.17) is 11.6 Å². The van der Waals surface area contributed by atoms with Gasteiger partial charge in [-0.2, -0.15) is 24.5 Å². The molecule has 0 aliphatic heterocycles. The lowest BCUT2D eigenvalue weighted by molar-refractivity contribution is -0.141. The summed E-state index contributed by atoms with van der Waals surface area (Å²) in [4.78, 5) is 6.94. The molecule has 0 N–H and O–H groups in total. The Hall–Kier alpha value is -0.660. The van der Waals surface area contributed by atoms with E-state index in [1.54, 1.807) is 10.8 Å². The topological polar surface area (TPSA) is 25.8 Å². The first-order valence-electron chi connectivity index (χ1n) is 4.22. The van der Waals surface area contributed by atoms with Crippen LogP contribution in [0.25, 0.3) is 11.3 Å². The van der Waals surface area contributed by atoms with Crippen LogP contribution in [-0.4, -0.2) is 9.97 Å². The van der Waals surface area contributed by atoms with Crippen LogP contribution in [0.1, 0.15) is 5.69 Å². The molecule has 0 spiro atoms. The molecule has 2 heterocycles. The highest BCUT2D eigenvalue weighted by Crippen LogP contribution is 2.34. The highest BCUT2D eigenvalue weighted by atomic mass is 79.9. The van der Waals surface area contributed by atoms with Gasteiger partial charge < -0.3 is 0 Å². The van der Waals surface area contributed by atoms with E-state index in [-0.39, 0.29) is 5.69 Å². The summed E-state index contributed by atoms with van der Waals surface area (Å²) in [5.41, 5.74) is -0.346. The second-order valence-corrected chi connectivity index (χ2v) is 4.97. The average molecular weight is 344 g/mol. The number of thiophene rings is 1. The predicted molar refractivity (Wildman–Crippen MR) is 63.1 cm³/mol. The Balaban J connectivity index is 2.57. The van der Waals surface area contributed by atoms with Crippen molar-refractivity contribution in [1.29, 1.82) is 0 Å². The van der Waals surface area contributed by atoms with Crippen molar-refractivity contribution in [3.05, 3.63) is 32.3 Å². The second-order valence-electron chi connectivity index (χ2n) is 3.04. The van der Waals surface area contributed by atoms with Gasteiger partial charge in [0.15, 0.2) is 0 Å². The molecule has 2 aromatic heterocycles. The van der Waals surface area contributed by atoms with Crippen LogP contribution >= 0.6 is 38.9 Å². The monoisotopic (exact) mass is 342 g/mol. The molecule has 0 bridgehead atoms. The molecule has 0 amide bonds. The van der Waals surface area contributed by atoms with Crippen molar-refractivity contribution in [2.45, 2.75) is 6.18 Å². The third kappa shape index (κ3) is 2.78. The number of rotatable bonds is 1. The van der Waals surface area contributed by atoms with Gasteiger partial charge in [-0.15, -0.1) is 0 Å². The van der Waals surface area contributed by atoms with E-state index in [0.717, 1.165) is 6.07 Å². The average Bonchev–Trinajstić information content (AvgIpc) is 2.62. The molecule has 8 heteroatoms. The zero-order chi connectivity index (χ0) is 12.6. The molecule has 0 saturated heterocycles. The third-order valence-electron chi connectivity index (χ3n) is 1.88. The summed E-state index contributed by atoms with van der Waals surface area (Å²) >= 11 is 10.1. The third-order valence-corrected chi connectivity index (χ3v) is 3.75. The smallest absolute Gasteiger partial charge is 0.218 e. The van der Waals surface area contributed by atoms with Gasteiger partial charge >= 0.3 is 6.18 Å². The van der Waals surface area contributed by atoms with Crippen molar-refractivity contribution in [1.82, 2.24) is 9.97 Å². The van der Waals surface area contributed by atoms with Gasteiger partial charge in [-0.1, -0.05) is 0 Å². The van der Waals surface area contributed by atoms with Crippen molar-refractivity contribution < 1.29 is 13.2 Å². The van der Waals surface area contributed by atoms with E-state index in [1.807, 2.05) is 0 Å². The van der Waals surface area contributed by atoms with Crippen LogP contribution in [0.15, 0.2) is 21.3 Å². The standard InChI is InChI=1S/C9H3BrClF3N2S/c10-5-3-17-2-4(5)6-1-7(9(12,13)14)16-8(11)15-6/h1-3H. The molecule has 0 atom stereocenters. The van der Waals surface area contributed by atoms with E-state index in [0.29, 0.717) is 10.0 Å². The molecular formula is C9H3BrClF3N2S. The summed E-state index contributed by atoms with van der Waals surface area (Å²) in [5, 5.41) is 3.01. The lowest BCUT2D eigenvalue weighted by Gasteiger charge is -2.07. The number of nitrogens with zero attached hydrogens (tertiary/aromatic N) is 2. The molecule has 2 aromatic rings. The molecule has 2 nitrogen and oxygen atoms in total. The van der Waals surface area contributed by atoms with E-state index in [1.165, 1.54) is 11.3 Å². The fourth-order valence-corrected chi connectivity index (χ4v) is 2.84. The van der Waals surface area contributed by atoms with Gasteiger partial charge in [-0.05, 0) is 33.6 Å². The van der Waals surface area contributed by atoms with E-state index >= 15 is 0 Å². The van der Waals surface area contributed by atoms with Crippen molar-refractivity contribution in [3.63, 3.8) is 0 Å². The molecule has 17 heavy (non-hydrogen) atoms. The number of aromatic nitrogens is 2. The van der Waals surface area contributed by atoms with Crippen molar-refractivity contribution in [2.75, 3.05) is 0 Å². The van der Waals surface area contributed by atoms with Crippen LogP contribution < -0.4 is 0 Å². The van der Waals surface area contributed by atoms with Gasteiger partial charge in [0.1, 0.15) is 5.69 Å². The lowest BCUT2D eigenvalue weighted by Crippen LogP contribution is -2.09. The number of halogens is 5. The molecule has 2 rings (SSSR count). The Kier molecular flexibility index (Phi) is 3.42. The highest BCUT2D eigenvalue weighted by molar-refractivity contribution is 9.10. The number of hydrogen-bond donors (Lipinski definition) is 0. The summed E-state index contributed by atoms with van der Waals surface area (Å²) in [6, 6.07) is 0.874. The maximum atomic E-state index is 12.5. The summed E-state index contributed by atoms with van der Waals surface area (Å²) < 4.78 is 38.3. The molecular weight excluding hydrogens is 341 g/mol. The Morgan fingerprint density at radius 2 is 1.94 bits per heavy atom. The summed E-state index contributed by atoms with van der Waals surface area (Å²) in [6.07, 6.45) is -4.54. The van der Waals surface area contributed by atoms with Gasteiger partial charge in [0.05, 0.1) is 5.69 Å². The SMILES string of the molecule is FC(F)(F)c1cc(-c2cscc2Br)nc(Cl)n1. The van der Waals surface area contributed by atoms with Gasteiger partial charge in [-0.25, -0.2) is 9.97 Å². The van der Waals surface area contributed by atoms with Crippen molar-refractivity contribution >= 4 is 38.9 Å². The minimum Gasteiger partial charge on any atom is -0.218 e. The fraction of sp³-hybridized carbons (Fsp3) is 0.111. The second kappa shape index (κ2) is 4.55. The van der Waals surface area contributed by atoms with Crippen molar-refractivity contribution in [2.24, 2.45) is 0 Å². The van der Waals surface area contributed by atoms with Crippen LogP contribution in [0, 0.1) is 0 Å². The number of alkyl halides is 3. The molecule has 0 saturated carbocycles. The van der Waals surface area contributed by atoms with Crippen LogP contribution in [0.5, 0.6) is 0 Å². The molecule has 0 aliphatic rings. The minimum atomic E-state index is -4.54. The normalized spacial score (nSPS) is 11.8. The van der Waals surface area contributed by atoms with Crippen LogP contribution in [0.4, 0.5) is 13.2 Å². The zero-order valence-electron chi connectivity index (χ0n) is 7.92. The van der Waals surface area contributed by atoms with E-state index in [9.17, 15) is 13.2 Å². The molecule has 0 unspecified atom stereocenters. The van der Waals surface area contributed by atoms with Gasteiger partial charge in [0, 0.05) is 20.8 Å². The fourth-order valence-electron chi connectivity index (χ4n) is 1.17. The summed E-state index contributed by atoms with van der Waals surface area (Å²) in [7, 11) is 0. The predicted octanol–water partition coefficient (Wildman–Crippen LogP) is 4.64. The molecule has 0 radical (unpaired) electrons. The minimum absolute atomic E-state index is 0.144. The zero-order valence-corrected chi connectivity index (χ0v) is 11.1. The highest BCUT2D eigenvalue weighted by Gasteiger charge is 2.33. The Bertz CT molecular complexity index is 555. The van der Waals surface area contributed by atoms with E-state index < -0.39 is 17.2 Å². The largest absolute Gasteiger partial charge is 0.433 e. The Morgan fingerprint density at radius 1 is 1.24 bits per heavy atom. The van der Waals surface area contributed by atoms with Gasteiger partial charge in [0.2, 0.25) is 5.28 Å². The van der Waals surface area contributed by atoms with Gasteiger partial charge in [0.25, 0.3) is 0 Å². The Morgan fingerprint density at radius 3 is 2.47 bits per heavy atom. The first-order chi connectivity index (χ1) is 7.88. The van der Waals surface area contributed by atoms with E-state index in [2.05, 4.69) is 25.9 Å². The molecule has 90 valence electrons. The summed E-state index contributed by atoms with van der Waals surface area (Å²) in [5.74, 6) is 0. The molecule has 0 aromatic carbocycles. The maximum absolute atomic E-state index is 12.5. The number of hydrogen-bond acceptors (Lipinski definition) is 3. The molecule has 0 aliphatic carbocycles. The van der Waals surface area contributed by atoms with Crippen LogP contribution in [0.3, 0.4) is 0 Å². The summed E-state index contributed by atoms with van der Waals surface area (Å²) in [6.45, 7) is 0. The van der Waals surface area contributed by atoms with Crippen LogP contribution in [0.2, 0.25) is 5.28 Å². The van der Waals surface area contributed by atoms with Gasteiger partial charge in [-0.3, -0.25) is 0 Å². The Labute approximate surface area is 112 Å². The first-order valence-corrected chi connectivity index (χ1v) is 6.33. The van der Waals surface area contributed by atoms with Crippen molar-refractivity contribution in [3.8, 4) is 11.3 Å². The molecule has 0 fully saturated rings. The first kappa shape index (κ1) is 12.8. The maximum Gasteiger partial charge on any atom is 0.433 e. The van der Waals surface area contributed by atoms with Crippen LogP contribution in [-0.2, 0) is 6.18 Å². The quantitative estimate of drug-likeness (QED) is 0.705. The lowest BCUT2D eigenvalue weighted by atomic mass is 10.2.